The van der Waals surface area contributed by atoms with Gasteiger partial charge in [0.25, 0.3) is 0 Å². The molecule has 6 nitrogen and oxygen atoms in total. The topological polar surface area (TPSA) is 83.0 Å². The van der Waals surface area contributed by atoms with Crippen molar-refractivity contribution < 1.29 is 5.11 Å². The van der Waals surface area contributed by atoms with E-state index >= 15 is 0 Å². The summed E-state index contributed by atoms with van der Waals surface area (Å²) in [4.78, 5) is 14.8. The largest absolute Gasteiger partial charge is 0.396 e. The number of aliphatic hydroxyl groups excluding tert-OH is 1. The van der Waals surface area contributed by atoms with E-state index in [1.807, 2.05) is 25.1 Å². The standard InChI is InChI=1S/C27H29N5OS/c1-17-23(25-30-21-9-5-6-10-22(21)34-25)24(29-20-12-11-18(15-20)16-33)31-26(28-17)32-27(13-14-27)19-7-3-2-4-8-19/h2-10,18,20,33H,11-16H2,1H3,(H2,28,29,31,32)/t18-,20+/m1/s1. The molecule has 3 N–H and O–H groups in total. The molecule has 2 aliphatic carbocycles. The number of aliphatic hydroxyl groups is 1. The van der Waals surface area contributed by atoms with E-state index in [0.717, 1.165) is 64.4 Å². The van der Waals surface area contributed by atoms with E-state index in [9.17, 15) is 5.11 Å². The fourth-order valence-electron chi connectivity index (χ4n) is 5.12. The number of fused-ring (bicyclic) bond motifs is 1. The van der Waals surface area contributed by atoms with Gasteiger partial charge in [0.1, 0.15) is 10.8 Å². The van der Waals surface area contributed by atoms with Crippen molar-refractivity contribution >= 4 is 33.3 Å². The van der Waals surface area contributed by atoms with Gasteiger partial charge in [-0.3, -0.25) is 0 Å². The van der Waals surface area contributed by atoms with Crippen LogP contribution >= 0.6 is 11.3 Å². The maximum Gasteiger partial charge on any atom is 0.225 e. The lowest BCUT2D eigenvalue weighted by atomic mass is 10.1. The lowest BCUT2D eigenvalue weighted by Crippen LogP contribution is -2.23. The molecule has 0 saturated heterocycles. The molecule has 2 fully saturated rings. The maximum absolute atomic E-state index is 9.62. The molecular weight excluding hydrogens is 442 g/mol. The number of benzene rings is 2. The van der Waals surface area contributed by atoms with Crippen LogP contribution in [0.25, 0.3) is 20.8 Å². The third kappa shape index (κ3) is 4.03. The normalized spacial score (nSPS) is 21.0. The van der Waals surface area contributed by atoms with Gasteiger partial charge >= 0.3 is 0 Å². The first-order valence-electron chi connectivity index (χ1n) is 12.1. The van der Waals surface area contributed by atoms with E-state index in [2.05, 4.69) is 47.0 Å². The molecule has 7 heteroatoms. The van der Waals surface area contributed by atoms with Crippen LogP contribution < -0.4 is 10.6 Å². The summed E-state index contributed by atoms with van der Waals surface area (Å²) in [5.41, 5.74) is 4.08. The summed E-state index contributed by atoms with van der Waals surface area (Å²) in [6.07, 6.45) is 5.17. The molecule has 174 valence electrons. The van der Waals surface area contributed by atoms with E-state index in [0.29, 0.717) is 11.9 Å². The second kappa shape index (κ2) is 8.64. The highest BCUT2D eigenvalue weighted by Gasteiger charge is 2.45. The third-order valence-electron chi connectivity index (χ3n) is 7.17. The molecule has 0 bridgehead atoms. The number of thiazole rings is 1. The Morgan fingerprint density at radius 1 is 1.00 bits per heavy atom. The van der Waals surface area contributed by atoms with Gasteiger partial charge < -0.3 is 15.7 Å². The average molecular weight is 472 g/mol. The summed E-state index contributed by atoms with van der Waals surface area (Å²) >= 11 is 1.68. The second-order valence-corrected chi connectivity index (χ2v) is 10.6. The van der Waals surface area contributed by atoms with E-state index in [4.69, 9.17) is 15.0 Å². The van der Waals surface area contributed by atoms with Crippen LogP contribution in [0, 0.1) is 12.8 Å². The lowest BCUT2D eigenvalue weighted by molar-refractivity contribution is 0.229. The summed E-state index contributed by atoms with van der Waals surface area (Å²) in [5.74, 6) is 1.85. The van der Waals surface area contributed by atoms with Crippen molar-refractivity contribution in [2.45, 2.75) is 50.6 Å². The van der Waals surface area contributed by atoms with Gasteiger partial charge in [-0.25, -0.2) is 9.97 Å². The summed E-state index contributed by atoms with van der Waals surface area (Å²) in [6.45, 7) is 2.30. The zero-order valence-corrected chi connectivity index (χ0v) is 20.1. The first-order valence-corrected chi connectivity index (χ1v) is 12.9. The minimum Gasteiger partial charge on any atom is -0.396 e. The Hall–Kier alpha value is -3.03. The highest BCUT2D eigenvalue weighted by atomic mass is 32.1. The summed E-state index contributed by atoms with van der Waals surface area (Å²) in [6, 6.07) is 19.1. The van der Waals surface area contributed by atoms with Crippen molar-refractivity contribution in [2.75, 3.05) is 17.2 Å². The van der Waals surface area contributed by atoms with Gasteiger partial charge in [-0.05, 0) is 62.6 Å². The van der Waals surface area contributed by atoms with Crippen molar-refractivity contribution in [1.29, 1.82) is 0 Å². The van der Waals surface area contributed by atoms with Crippen molar-refractivity contribution in [1.82, 2.24) is 15.0 Å². The Morgan fingerprint density at radius 3 is 2.53 bits per heavy atom. The first-order chi connectivity index (χ1) is 16.6. The van der Waals surface area contributed by atoms with E-state index in [1.165, 1.54) is 5.56 Å². The van der Waals surface area contributed by atoms with E-state index < -0.39 is 0 Å². The molecule has 2 aliphatic rings. The van der Waals surface area contributed by atoms with Crippen LogP contribution in [0.4, 0.5) is 11.8 Å². The highest BCUT2D eigenvalue weighted by molar-refractivity contribution is 7.21. The van der Waals surface area contributed by atoms with Gasteiger partial charge in [-0.1, -0.05) is 42.5 Å². The molecule has 4 aromatic rings. The van der Waals surface area contributed by atoms with E-state index in [1.54, 1.807) is 11.3 Å². The van der Waals surface area contributed by atoms with Crippen LogP contribution in [-0.2, 0) is 5.54 Å². The van der Waals surface area contributed by atoms with Gasteiger partial charge in [0.2, 0.25) is 5.95 Å². The molecule has 0 radical (unpaired) electrons. The van der Waals surface area contributed by atoms with Crippen LogP contribution in [0.1, 0.15) is 43.4 Å². The fraction of sp³-hybridized carbons (Fsp3) is 0.370. The van der Waals surface area contributed by atoms with E-state index in [-0.39, 0.29) is 18.2 Å². The number of rotatable bonds is 7. The Bertz CT molecular complexity index is 1280. The van der Waals surface area contributed by atoms with Crippen molar-refractivity contribution in [3.8, 4) is 10.6 Å². The number of aromatic nitrogens is 3. The van der Waals surface area contributed by atoms with Gasteiger partial charge in [-0.2, -0.15) is 4.98 Å². The Kier molecular flexibility index (Phi) is 5.46. The van der Waals surface area contributed by atoms with Crippen LogP contribution in [0.2, 0.25) is 0 Å². The SMILES string of the molecule is Cc1nc(NC2(c3ccccc3)CC2)nc(N[C@H]2CC[C@@H](CO)C2)c1-c1nc2ccccc2s1. The molecule has 0 amide bonds. The highest BCUT2D eigenvalue weighted by Crippen LogP contribution is 2.48. The smallest absolute Gasteiger partial charge is 0.225 e. The number of aryl methyl sites for hydroxylation is 1. The van der Waals surface area contributed by atoms with Gasteiger partial charge in [0.15, 0.2) is 0 Å². The van der Waals surface area contributed by atoms with Gasteiger partial charge in [0.05, 0.1) is 27.0 Å². The van der Waals surface area contributed by atoms with Crippen LogP contribution in [-0.4, -0.2) is 32.7 Å². The first kappa shape index (κ1) is 21.5. The zero-order valence-electron chi connectivity index (χ0n) is 19.3. The lowest BCUT2D eigenvalue weighted by Gasteiger charge is -2.21. The predicted octanol–water partition coefficient (Wildman–Crippen LogP) is 5.74. The van der Waals surface area contributed by atoms with Gasteiger partial charge in [-0.15, -0.1) is 11.3 Å². The summed E-state index contributed by atoms with van der Waals surface area (Å²) in [7, 11) is 0. The third-order valence-corrected chi connectivity index (χ3v) is 8.22. The van der Waals surface area contributed by atoms with Crippen LogP contribution in [0.5, 0.6) is 0 Å². The Balaban J connectivity index is 1.38. The number of hydrogen-bond donors (Lipinski definition) is 3. The van der Waals surface area contributed by atoms with Crippen LogP contribution in [0.3, 0.4) is 0 Å². The number of hydrogen-bond acceptors (Lipinski definition) is 7. The van der Waals surface area contributed by atoms with Crippen molar-refractivity contribution in [3.05, 3.63) is 65.9 Å². The molecule has 2 atom stereocenters. The summed E-state index contributed by atoms with van der Waals surface area (Å²) < 4.78 is 1.16. The van der Waals surface area contributed by atoms with Gasteiger partial charge in [0, 0.05) is 12.6 Å². The maximum atomic E-state index is 9.62. The molecule has 34 heavy (non-hydrogen) atoms. The second-order valence-electron chi connectivity index (χ2n) is 9.62. The average Bonchev–Trinajstić information content (AvgIpc) is 3.28. The molecule has 0 spiro atoms. The zero-order chi connectivity index (χ0) is 23.1. The molecule has 0 unspecified atom stereocenters. The molecule has 2 saturated carbocycles. The number of para-hydroxylation sites is 1. The molecule has 2 aromatic carbocycles. The summed E-state index contributed by atoms with van der Waals surface area (Å²) in [5, 5.41) is 17.9. The number of anilines is 2. The number of nitrogens with one attached hydrogen (secondary N) is 2. The molecule has 2 heterocycles. The monoisotopic (exact) mass is 471 g/mol. The fourth-order valence-corrected chi connectivity index (χ4v) is 6.18. The van der Waals surface area contributed by atoms with Crippen molar-refractivity contribution in [2.24, 2.45) is 5.92 Å². The molecule has 0 aliphatic heterocycles. The quantitative estimate of drug-likeness (QED) is 0.319. The molecular formula is C27H29N5OS. The Labute approximate surface area is 203 Å². The van der Waals surface area contributed by atoms with Crippen molar-refractivity contribution in [3.63, 3.8) is 0 Å². The minimum absolute atomic E-state index is 0.0856. The Morgan fingerprint density at radius 2 is 1.79 bits per heavy atom. The minimum atomic E-state index is -0.0856. The predicted molar refractivity (Wildman–Crippen MR) is 138 cm³/mol. The van der Waals surface area contributed by atoms with Crippen LogP contribution in [0.15, 0.2) is 54.6 Å². The number of nitrogens with zero attached hydrogens (tertiary/aromatic N) is 3. The molecule has 6 rings (SSSR count). The molecule has 2 aromatic heterocycles.